The number of amides is 2. The lowest BCUT2D eigenvalue weighted by Crippen LogP contribution is -2.47. The first kappa shape index (κ1) is 17.5. The maximum atomic E-state index is 12.8. The van der Waals surface area contributed by atoms with Crippen molar-refractivity contribution in [1.82, 2.24) is 15.0 Å². The number of nitrogens with zero attached hydrogens (tertiary/aromatic N) is 3. The van der Waals surface area contributed by atoms with Crippen LogP contribution >= 0.6 is 0 Å². The van der Waals surface area contributed by atoms with Crippen LogP contribution in [-0.2, 0) is 9.53 Å². The first-order chi connectivity index (χ1) is 13.2. The fraction of sp³-hybridized carbons (Fsp3) is 0.350. The van der Waals surface area contributed by atoms with E-state index in [4.69, 9.17) is 9.26 Å². The van der Waals surface area contributed by atoms with Crippen LogP contribution in [0, 0.1) is 5.92 Å². The fourth-order valence-corrected chi connectivity index (χ4v) is 3.59. The van der Waals surface area contributed by atoms with Crippen molar-refractivity contribution in [3.8, 4) is 0 Å². The molecule has 0 unspecified atom stereocenters. The molecule has 2 fully saturated rings. The maximum Gasteiger partial charge on any atom is 0.292 e. The number of hydrogen-bond donors (Lipinski definition) is 0. The number of rotatable bonds is 3. The van der Waals surface area contributed by atoms with E-state index in [0.717, 1.165) is 5.56 Å². The van der Waals surface area contributed by atoms with Crippen LogP contribution in [0.2, 0.25) is 0 Å². The molecule has 140 valence electrons. The van der Waals surface area contributed by atoms with Gasteiger partial charge in [0, 0.05) is 37.7 Å². The van der Waals surface area contributed by atoms with Gasteiger partial charge in [0.05, 0.1) is 25.5 Å². The molecule has 0 N–H and O–H groups in total. The van der Waals surface area contributed by atoms with Gasteiger partial charge in [-0.05, 0) is 11.6 Å². The topological polar surface area (TPSA) is 75.9 Å². The minimum atomic E-state index is -0.196. The molecule has 2 aromatic rings. The van der Waals surface area contributed by atoms with Crippen molar-refractivity contribution in [2.75, 3.05) is 32.8 Å². The largest absolute Gasteiger partial charge is 0.379 e. The average molecular weight is 367 g/mol. The van der Waals surface area contributed by atoms with E-state index in [2.05, 4.69) is 5.16 Å². The summed E-state index contributed by atoms with van der Waals surface area (Å²) in [5.74, 6) is 0.0306. The van der Waals surface area contributed by atoms with Crippen LogP contribution in [0.1, 0.15) is 16.1 Å². The highest BCUT2D eigenvalue weighted by atomic mass is 16.5. The molecule has 0 saturated carbocycles. The lowest BCUT2D eigenvalue weighted by Gasteiger charge is -2.30. The summed E-state index contributed by atoms with van der Waals surface area (Å²) in [6.07, 6.45) is 4.87. The van der Waals surface area contributed by atoms with Gasteiger partial charge in [-0.25, -0.2) is 0 Å². The van der Waals surface area contributed by atoms with Crippen LogP contribution in [0.5, 0.6) is 0 Å². The average Bonchev–Trinajstić information content (AvgIpc) is 3.06. The number of benzene rings is 1. The molecule has 7 nitrogen and oxygen atoms in total. The number of aromatic nitrogens is 1. The molecule has 3 heterocycles. The summed E-state index contributed by atoms with van der Waals surface area (Å²) < 4.78 is 10.7. The monoisotopic (exact) mass is 367 g/mol. The number of carbonyl (C=O) groups is 2. The molecule has 2 atom stereocenters. The second kappa shape index (κ2) is 7.75. The third kappa shape index (κ3) is 3.93. The number of ether oxygens (including phenoxy) is 1. The number of hydrogen-bond acceptors (Lipinski definition) is 5. The SMILES string of the molecule is O=C(c1ccno1)N1C[C@@H]2COC[C@H](C1)N(C(=O)/C=C/c1ccccc1)C2. The van der Waals surface area contributed by atoms with Gasteiger partial charge < -0.3 is 19.1 Å². The molecule has 0 spiro atoms. The van der Waals surface area contributed by atoms with Crippen LogP contribution in [0.25, 0.3) is 6.08 Å². The van der Waals surface area contributed by atoms with E-state index in [1.54, 1.807) is 17.0 Å². The highest BCUT2D eigenvalue weighted by molar-refractivity contribution is 5.93. The van der Waals surface area contributed by atoms with Gasteiger partial charge in [-0.2, -0.15) is 0 Å². The first-order valence-electron chi connectivity index (χ1n) is 9.02. The minimum Gasteiger partial charge on any atom is -0.379 e. The smallest absolute Gasteiger partial charge is 0.292 e. The van der Waals surface area contributed by atoms with Gasteiger partial charge in [0.25, 0.3) is 5.91 Å². The zero-order valence-electron chi connectivity index (χ0n) is 14.9. The Kier molecular flexibility index (Phi) is 5.02. The Hall–Kier alpha value is -2.93. The van der Waals surface area contributed by atoms with Crippen molar-refractivity contribution in [1.29, 1.82) is 0 Å². The van der Waals surface area contributed by atoms with E-state index >= 15 is 0 Å². The summed E-state index contributed by atoms with van der Waals surface area (Å²) in [5.41, 5.74) is 0.974. The van der Waals surface area contributed by atoms with Gasteiger partial charge in [0.15, 0.2) is 0 Å². The standard InChI is InChI=1S/C20H21N3O4/c24-19(7-6-15-4-2-1-3-5-15)23-11-16-10-22(12-17(23)14-26-13-16)20(25)18-8-9-21-27-18/h1-9,16-17H,10-14H2/b7-6+/t16-,17-/m0/s1. The third-order valence-corrected chi connectivity index (χ3v) is 4.91. The van der Waals surface area contributed by atoms with Crippen molar-refractivity contribution < 1.29 is 18.8 Å². The first-order valence-corrected chi connectivity index (χ1v) is 9.02. The van der Waals surface area contributed by atoms with Crippen LogP contribution in [-0.4, -0.2) is 65.7 Å². The molecule has 2 amide bonds. The van der Waals surface area contributed by atoms with Crippen LogP contribution in [0.3, 0.4) is 0 Å². The molecule has 2 bridgehead atoms. The highest BCUT2D eigenvalue weighted by Crippen LogP contribution is 2.22. The lowest BCUT2D eigenvalue weighted by atomic mass is 10.1. The highest BCUT2D eigenvalue weighted by Gasteiger charge is 2.37. The summed E-state index contributed by atoms with van der Waals surface area (Å²) in [4.78, 5) is 29.1. The Labute approximate surface area is 157 Å². The van der Waals surface area contributed by atoms with Crippen molar-refractivity contribution in [3.05, 3.63) is 60.0 Å². The normalized spacial score (nSPS) is 22.7. The van der Waals surface area contributed by atoms with Crippen molar-refractivity contribution in [3.63, 3.8) is 0 Å². The fourth-order valence-electron chi connectivity index (χ4n) is 3.59. The zero-order chi connectivity index (χ0) is 18.6. The van der Waals surface area contributed by atoms with Gasteiger partial charge in [-0.3, -0.25) is 9.59 Å². The maximum absolute atomic E-state index is 12.8. The molecular formula is C20H21N3O4. The van der Waals surface area contributed by atoms with Crippen molar-refractivity contribution in [2.45, 2.75) is 6.04 Å². The summed E-state index contributed by atoms with van der Waals surface area (Å²) in [6.45, 7) is 2.47. The minimum absolute atomic E-state index is 0.0617. The number of fused-ring (bicyclic) bond motifs is 3. The Morgan fingerprint density at radius 2 is 1.93 bits per heavy atom. The molecular weight excluding hydrogens is 346 g/mol. The predicted molar refractivity (Wildman–Crippen MR) is 97.7 cm³/mol. The van der Waals surface area contributed by atoms with Gasteiger partial charge >= 0.3 is 0 Å². The van der Waals surface area contributed by atoms with Gasteiger partial charge in [-0.15, -0.1) is 0 Å². The Morgan fingerprint density at radius 1 is 1.07 bits per heavy atom. The molecule has 27 heavy (non-hydrogen) atoms. The Balaban J connectivity index is 1.50. The molecule has 7 heteroatoms. The summed E-state index contributed by atoms with van der Waals surface area (Å²) in [6, 6.07) is 11.1. The molecule has 1 aromatic heterocycles. The van der Waals surface area contributed by atoms with E-state index in [0.29, 0.717) is 32.8 Å². The third-order valence-electron chi connectivity index (χ3n) is 4.91. The number of carbonyl (C=O) groups excluding carboxylic acids is 2. The molecule has 2 aliphatic heterocycles. The van der Waals surface area contributed by atoms with E-state index in [1.165, 1.54) is 6.20 Å². The van der Waals surface area contributed by atoms with Crippen LogP contribution in [0.4, 0.5) is 0 Å². The van der Waals surface area contributed by atoms with Gasteiger partial charge in [0.2, 0.25) is 11.7 Å². The van der Waals surface area contributed by atoms with E-state index in [1.807, 2.05) is 41.3 Å². The van der Waals surface area contributed by atoms with E-state index < -0.39 is 0 Å². The van der Waals surface area contributed by atoms with Crippen molar-refractivity contribution in [2.24, 2.45) is 5.92 Å². The molecule has 0 aliphatic carbocycles. The summed E-state index contributed by atoms with van der Waals surface area (Å²) in [7, 11) is 0. The quantitative estimate of drug-likeness (QED) is 0.772. The van der Waals surface area contributed by atoms with Gasteiger partial charge in [0.1, 0.15) is 0 Å². The Morgan fingerprint density at radius 3 is 2.70 bits per heavy atom. The van der Waals surface area contributed by atoms with E-state index in [-0.39, 0.29) is 29.5 Å². The second-order valence-electron chi connectivity index (χ2n) is 6.88. The second-order valence-corrected chi connectivity index (χ2v) is 6.88. The van der Waals surface area contributed by atoms with Crippen LogP contribution in [0.15, 0.2) is 53.2 Å². The molecule has 1 aromatic carbocycles. The summed E-state index contributed by atoms with van der Waals surface area (Å²) in [5, 5.41) is 3.61. The molecule has 0 radical (unpaired) electrons. The Bertz CT molecular complexity index is 819. The van der Waals surface area contributed by atoms with Crippen LogP contribution < -0.4 is 0 Å². The van der Waals surface area contributed by atoms with E-state index in [9.17, 15) is 9.59 Å². The summed E-state index contributed by atoms with van der Waals surface area (Å²) >= 11 is 0. The lowest BCUT2D eigenvalue weighted by molar-refractivity contribution is -0.128. The van der Waals surface area contributed by atoms with Gasteiger partial charge in [-0.1, -0.05) is 35.5 Å². The molecule has 2 aliphatic rings. The van der Waals surface area contributed by atoms with Crippen molar-refractivity contribution >= 4 is 17.9 Å². The molecule has 4 rings (SSSR count). The molecule has 2 saturated heterocycles. The predicted octanol–water partition coefficient (Wildman–Crippen LogP) is 1.69. The zero-order valence-corrected chi connectivity index (χ0v) is 14.9.